The molecular formula is C13H17F3N2O. The van der Waals surface area contributed by atoms with E-state index in [1.807, 2.05) is 18.2 Å². The second-order valence-corrected chi connectivity index (χ2v) is 5.23. The number of rotatable bonds is 1. The molecule has 6 heteroatoms. The molecule has 2 atom stereocenters. The number of nitrogens with two attached hydrogens (primary N) is 1. The van der Waals surface area contributed by atoms with Gasteiger partial charge in [0.15, 0.2) is 0 Å². The molecule has 0 saturated heterocycles. The minimum absolute atomic E-state index is 0.139. The minimum atomic E-state index is -4.57. The highest BCUT2D eigenvalue weighted by atomic mass is 19.4. The summed E-state index contributed by atoms with van der Waals surface area (Å²) in [5.41, 5.74) is 3.05. The van der Waals surface area contributed by atoms with Crippen molar-refractivity contribution in [2.75, 3.05) is 6.61 Å². The molecule has 0 amide bonds. The molecule has 0 bridgehead atoms. The molecule has 2 aliphatic rings. The number of halogens is 3. The van der Waals surface area contributed by atoms with Crippen molar-refractivity contribution < 1.29 is 17.9 Å². The van der Waals surface area contributed by atoms with E-state index < -0.39 is 23.2 Å². The van der Waals surface area contributed by atoms with Gasteiger partial charge in [-0.25, -0.2) is 0 Å². The fraction of sp³-hybridized carbons (Fsp3) is 0.615. The van der Waals surface area contributed by atoms with Crippen LogP contribution in [-0.4, -0.2) is 29.8 Å². The van der Waals surface area contributed by atoms with Crippen molar-refractivity contribution in [3.05, 3.63) is 23.8 Å². The van der Waals surface area contributed by atoms with Crippen LogP contribution in [0.1, 0.15) is 26.7 Å². The lowest BCUT2D eigenvalue weighted by atomic mass is 9.87. The molecule has 19 heavy (non-hydrogen) atoms. The zero-order chi connectivity index (χ0) is 14.3. The van der Waals surface area contributed by atoms with Gasteiger partial charge >= 0.3 is 6.18 Å². The summed E-state index contributed by atoms with van der Waals surface area (Å²) in [5, 5.41) is 0. The summed E-state index contributed by atoms with van der Waals surface area (Å²) in [5.74, 6) is -0.520. The van der Waals surface area contributed by atoms with E-state index in [0.717, 1.165) is 25.3 Å². The Morgan fingerprint density at radius 2 is 2.00 bits per heavy atom. The van der Waals surface area contributed by atoms with Crippen molar-refractivity contribution in [2.24, 2.45) is 10.7 Å². The quantitative estimate of drug-likeness (QED) is 0.799. The average molecular weight is 274 g/mol. The van der Waals surface area contributed by atoms with Gasteiger partial charge in [-0.1, -0.05) is 18.2 Å². The van der Waals surface area contributed by atoms with E-state index in [4.69, 9.17) is 10.5 Å². The smallest absolute Gasteiger partial charge is 0.385 e. The number of nitrogens with zero attached hydrogens (tertiary/aromatic N) is 1. The molecule has 3 nitrogen and oxygen atoms in total. The number of alkyl halides is 3. The van der Waals surface area contributed by atoms with Crippen LogP contribution >= 0.6 is 0 Å². The van der Waals surface area contributed by atoms with E-state index in [1.165, 1.54) is 0 Å². The summed E-state index contributed by atoms with van der Waals surface area (Å²) in [4.78, 5) is 4.09. The van der Waals surface area contributed by atoms with Crippen molar-refractivity contribution >= 4 is 5.84 Å². The first-order chi connectivity index (χ1) is 8.69. The predicted octanol–water partition coefficient (Wildman–Crippen LogP) is 2.73. The lowest BCUT2D eigenvalue weighted by molar-refractivity contribution is -0.247. The van der Waals surface area contributed by atoms with Crippen LogP contribution in [0.4, 0.5) is 13.2 Å². The number of hydrogen-bond acceptors (Lipinski definition) is 3. The molecule has 106 valence electrons. The van der Waals surface area contributed by atoms with Gasteiger partial charge < -0.3 is 10.5 Å². The summed E-state index contributed by atoms with van der Waals surface area (Å²) in [6.07, 6.45) is 3.03. The van der Waals surface area contributed by atoms with Gasteiger partial charge in [-0.3, -0.25) is 4.99 Å². The topological polar surface area (TPSA) is 47.6 Å². The summed E-state index contributed by atoms with van der Waals surface area (Å²) < 4.78 is 43.9. The molecule has 0 fully saturated rings. The lowest BCUT2D eigenvalue weighted by Gasteiger charge is -2.41. The molecule has 0 saturated carbocycles. The van der Waals surface area contributed by atoms with Crippen LogP contribution in [0.3, 0.4) is 0 Å². The van der Waals surface area contributed by atoms with Crippen LogP contribution in [0.2, 0.25) is 0 Å². The Hall–Kier alpha value is -1.30. The number of aliphatic imine (C=N–C) groups is 1. The number of hydrogen-bond donors (Lipinski definition) is 1. The van der Waals surface area contributed by atoms with Crippen LogP contribution in [0, 0.1) is 0 Å². The standard InChI is InChI=1S/C13H17F3N2O/c1-11(9-6-4-3-5-7-9)8-19-12(2,10(17)18-11)13(14,15)16/h4,6-7H,3,5,8H2,1-2H3,(H2,17,18)/t11-,12+/m0/s1. The van der Waals surface area contributed by atoms with Gasteiger partial charge in [-0.05, 0) is 32.3 Å². The maximum absolute atomic E-state index is 13.0. The Kier molecular flexibility index (Phi) is 3.24. The van der Waals surface area contributed by atoms with Crippen molar-refractivity contribution in [3.8, 4) is 0 Å². The molecule has 0 aromatic heterocycles. The maximum Gasteiger partial charge on any atom is 0.424 e. The molecule has 2 N–H and O–H groups in total. The number of ether oxygens (including phenoxy) is 1. The monoisotopic (exact) mass is 274 g/mol. The van der Waals surface area contributed by atoms with Crippen LogP contribution in [0.15, 0.2) is 28.8 Å². The van der Waals surface area contributed by atoms with Crippen molar-refractivity contribution in [1.29, 1.82) is 0 Å². The van der Waals surface area contributed by atoms with Crippen molar-refractivity contribution in [3.63, 3.8) is 0 Å². The average Bonchev–Trinajstić information content (AvgIpc) is 2.34. The minimum Gasteiger partial charge on any atom is -0.385 e. The molecule has 1 aliphatic carbocycles. The van der Waals surface area contributed by atoms with E-state index in [1.54, 1.807) is 6.92 Å². The molecule has 1 aliphatic heterocycles. The fourth-order valence-electron chi connectivity index (χ4n) is 2.15. The van der Waals surface area contributed by atoms with Crippen LogP contribution in [0.25, 0.3) is 0 Å². The first kappa shape index (κ1) is 14.1. The summed E-state index contributed by atoms with van der Waals surface area (Å²) >= 11 is 0. The molecule has 0 spiro atoms. The third-order valence-electron chi connectivity index (χ3n) is 3.66. The van der Waals surface area contributed by atoms with Crippen LogP contribution in [-0.2, 0) is 4.74 Å². The molecule has 0 radical (unpaired) electrons. The van der Waals surface area contributed by atoms with E-state index in [0.29, 0.717) is 0 Å². The van der Waals surface area contributed by atoms with Gasteiger partial charge in [-0.15, -0.1) is 0 Å². The fourth-order valence-corrected chi connectivity index (χ4v) is 2.15. The summed E-state index contributed by atoms with van der Waals surface area (Å²) in [6, 6.07) is 0. The normalized spacial score (nSPS) is 35.8. The first-order valence-electron chi connectivity index (χ1n) is 6.13. The molecule has 1 heterocycles. The van der Waals surface area contributed by atoms with Crippen molar-refractivity contribution in [1.82, 2.24) is 0 Å². The van der Waals surface area contributed by atoms with Crippen molar-refractivity contribution in [2.45, 2.75) is 44.0 Å². The van der Waals surface area contributed by atoms with Crippen LogP contribution in [0.5, 0.6) is 0 Å². The van der Waals surface area contributed by atoms with Gasteiger partial charge in [-0.2, -0.15) is 13.2 Å². The lowest BCUT2D eigenvalue weighted by Crippen LogP contribution is -2.60. The SMILES string of the molecule is C[C@@]1(C2=CCCC=C2)CO[C@@](C)(C(F)(F)F)C(N)=N1. The van der Waals surface area contributed by atoms with Crippen LogP contribution < -0.4 is 5.73 Å². The molecule has 2 rings (SSSR count). The highest BCUT2D eigenvalue weighted by Crippen LogP contribution is 2.40. The van der Waals surface area contributed by atoms with E-state index in [9.17, 15) is 13.2 Å². The zero-order valence-electron chi connectivity index (χ0n) is 10.9. The van der Waals surface area contributed by atoms with E-state index in [2.05, 4.69) is 4.99 Å². The van der Waals surface area contributed by atoms with E-state index >= 15 is 0 Å². The Bertz CT molecular complexity index is 467. The predicted molar refractivity (Wildman–Crippen MR) is 66.9 cm³/mol. The molecule has 0 aromatic carbocycles. The Balaban J connectivity index is 2.36. The third-order valence-corrected chi connectivity index (χ3v) is 3.66. The number of amidine groups is 1. The van der Waals surface area contributed by atoms with E-state index in [-0.39, 0.29) is 6.61 Å². The summed E-state index contributed by atoms with van der Waals surface area (Å²) in [6.45, 7) is 2.51. The first-order valence-corrected chi connectivity index (χ1v) is 6.13. The Labute approximate surface area is 110 Å². The second kappa shape index (κ2) is 4.37. The number of allylic oxidation sites excluding steroid dienone is 2. The molecule has 0 unspecified atom stereocenters. The Morgan fingerprint density at radius 1 is 1.32 bits per heavy atom. The highest BCUT2D eigenvalue weighted by Gasteiger charge is 2.58. The van der Waals surface area contributed by atoms with Gasteiger partial charge in [0.25, 0.3) is 0 Å². The third kappa shape index (κ3) is 2.29. The van der Waals surface area contributed by atoms with Gasteiger partial charge in [0.2, 0.25) is 5.60 Å². The zero-order valence-corrected chi connectivity index (χ0v) is 10.9. The maximum atomic E-state index is 13.0. The molecule has 0 aromatic rings. The van der Waals surface area contributed by atoms with Gasteiger partial charge in [0.1, 0.15) is 11.4 Å². The second-order valence-electron chi connectivity index (χ2n) is 5.23. The molecular weight excluding hydrogens is 257 g/mol. The van der Waals surface area contributed by atoms with Gasteiger partial charge in [0, 0.05) is 0 Å². The van der Waals surface area contributed by atoms with Gasteiger partial charge in [0.05, 0.1) is 6.61 Å². The Morgan fingerprint density at radius 3 is 2.47 bits per heavy atom. The largest absolute Gasteiger partial charge is 0.424 e. The summed E-state index contributed by atoms with van der Waals surface area (Å²) in [7, 11) is 0. The highest BCUT2D eigenvalue weighted by molar-refractivity contribution is 5.90.